The summed E-state index contributed by atoms with van der Waals surface area (Å²) in [7, 11) is 0. The van der Waals surface area contributed by atoms with Crippen LogP contribution in [0, 0.1) is 16.9 Å². The first-order valence-corrected chi connectivity index (χ1v) is 16.9. The summed E-state index contributed by atoms with van der Waals surface area (Å²) in [5.41, 5.74) is 5.06. The molecule has 0 unspecified atom stereocenters. The molecule has 0 atom stereocenters. The number of carbonyl (C=O) groups is 1. The molecule has 0 spiro atoms. The molecular weight excluding hydrogens is 773 g/mol. The number of aromatic nitrogens is 2. The standard InChI is InChI=1S/C27H19N2O.C15H28O2.Ir/c1-16(2)18-11-12-20-21-8-5-9-23(27(21)30-24(20)14-18)26-22-13-10-17-6-3-4-7-19(17)25(22)28-15-29-26;1-7-14(5,8-2)12(16)11-13(17)15(6,9-3)10-4;/h3-8,10-16H,1-2H3;11,16H,7-10H2,1-6H3;/q-1;;/b;12-11-;. The van der Waals surface area contributed by atoms with Crippen LogP contribution < -0.4 is 0 Å². The summed E-state index contributed by atoms with van der Waals surface area (Å²) in [4.78, 5) is 21.4. The van der Waals surface area contributed by atoms with Crippen LogP contribution in [0.25, 0.3) is 54.9 Å². The predicted octanol–water partition coefficient (Wildman–Crippen LogP) is 11.9. The van der Waals surface area contributed by atoms with Gasteiger partial charge in [0, 0.05) is 53.5 Å². The van der Waals surface area contributed by atoms with Gasteiger partial charge in [-0.3, -0.25) is 9.78 Å². The molecule has 4 aromatic carbocycles. The van der Waals surface area contributed by atoms with Crippen molar-refractivity contribution in [2.24, 2.45) is 10.8 Å². The Morgan fingerprint density at radius 2 is 1.52 bits per heavy atom. The molecule has 0 amide bonds. The topological polar surface area (TPSA) is 76.2 Å². The van der Waals surface area contributed by atoms with Crippen molar-refractivity contribution in [3.63, 3.8) is 0 Å². The summed E-state index contributed by atoms with van der Waals surface area (Å²) >= 11 is 0. The number of rotatable bonds is 9. The van der Waals surface area contributed by atoms with Gasteiger partial charge in [0.15, 0.2) is 5.78 Å². The zero-order valence-electron chi connectivity index (χ0n) is 29.4. The quantitative estimate of drug-likeness (QED) is 0.0680. The third-order valence-electron chi connectivity index (χ3n) is 10.5. The Morgan fingerprint density at radius 3 is 2.19 bits per heavy atom. The van der Waals surface area contributed by atoms with Crippen molar-refractivity contribution in [3.8, 4) is 11.3 Å². The summed E-state index contributed by atoms with van der Waals surface area (Å²) in [5, 5.41) is 15.6. The van der Waals surface area contributed by atoms with Gasteiger partial charge in [-0.1, -0.05) is 115 Å². The summed E-state index contributed by atoms with van der Waals surface area (Å²) in [6, 6.07) is 26.4. The number of aliphatic hydroxyl groups is 1. The zero-order valence-corrected chi connectivity index (χ0v) is 31.8. The van der Waals surface area contributed by atoms with Crippen LogP contribution in [0.2, 0.25) is 0 Å². The summed E-state index contributed by atoms with van der Waals surface area (Å²) in [6.45, 7) is 16.5. The van der Waals surface area contributed by atoms with Crippen molar-refractivity contribution >= 4 is 49.4 Å². The number of hydrogen-bond acceptors (Lipinski definition) is 5. The predicted molar refractivity (Wildman–Crippen MR) is 196 cm³/mol. The first kappa shape index (κ1) is 37.0. The molecule has 0 aliphatic rings. The van der Waals surface area contributed by atoms with Gasteiger partial charge in [0.05, 0.1) is 11.1 Å². The van der Waals surface area contributed by atoms with Gasteiger partial charge in [-0.05, 0) is 54.0 Å². The van der Waals surface area contributed by atoms with E-state index < -0.39 is 0 Å². The maximum Gasteiger partial charge on any atom is 0.164 e. The minimum absolute atomic E-state index is 0. The molecule has 253 valence electrons. The minimum Gasteiger partial charge on any atom is -0.512 e. The third kappa shape index (κ3) is 6.97. The molecule has 5 nitrogen and oxygen atoms in total. The van der Waals surface area contributed by atoms with Gasteiger partial charge in [0.1, 0.15) is 17.7 Å². The number of nitrogens with zero attached hydrogens (tertiary/aromatic N) is 2. The van der Waals surface area contributed by atoms with Crippen molar-refractivity contribution in [1.82, 2.24) is 9.97 Å². The SMILES string of the molecule is CC(C)c1ccc2c(c1)oc1c(-c3ncnc4c3ccc3ccccc34)[c-]ccc12.CCC(C)(CC)C(=O)/C=C(\O)C(C)(CC)CC.[Ir]. The van der Waals surface area contributed by atoms with Crippen molar-refractivity contribution < 1.29 is 34.4 Å². The Labute approximate surface area is 298 Å². The number of carbonyl (C=O) groups excluding carboxylic acids is 1. The van der Waals surface area contributed by atoms with Gasteiger partial charge < -0.3 is 9.52 Å². The number of allylic oxidation sites excluding steroid dienone is 2. The van der Waals surface area contributed by atoms with Gasteiger partial charge in [0.25, 0.3) is 0 Å². The van der Waals surface area contributed by atoms with Crippen LogP contribution in [-0.4, -0.2) is 20.9 Å². The second-order valence-corrected chi connectivity index (χ2v) is 13.4. The fourth-order valence-electron chi connectivity index (χ4n) is 5.97. The Bertz CT molecular complexity index is 2080. The number of benzene rings is 4. The van der Waals surface area contributed by atoms with Gasteiger partial charge >= 0.3 is 0 Å². The molecule has 1 N–H and O–H groups in total. The second kappa shape index (κ2) is 15.1. The van der Waals surface area contributed by atoms with Gasteiger partial charge in [-0.15, -0.1) is 18.2 Å². The Morgan fingerprint density at radius 1 is 0.854 bits per heavy atom. The van der Waals surface area contributed by atoms with E-state index in [1.165, 1.54) is 17.0 Å². The minimum atomic E-state index is -0.337. The Balaban J connectivity index is 0.000000251. The molecule has 0 aliphatic carbocycles. The average Bonchev–Trinajstić information content (AvgIpc) is 3.49. The van der Waals surface area contributed by atoms with Crippen LogP contribution in [0.1, 0.15) is 92.6 Å². The Hall–Kier alpha value is -3.86. The molecule has 0 saturated heterocycles. The largest absolute Gasteiger partial charge is 0.512 e. The van der Waals surface area contributed by atoms with E-state index in [1.54, 1.807) is 6.33 Å². The van der Waals surface area contributed by atoms with Crippen LogP contribution in [0.4, 0.5) is 0 Å². The fraction of sp³-hybridized carbons (Fsp3) is 0.357. The van der Waals surface area contributed by atoms with E-state index in [0.717, 1.165) is 75.2 Å². The monoisotopic (exact) mass is 820 g/mol. The van der Waals surface area contributed by atoms with Crippen molar-refractivity contribution in [1.29, 1.82) is 0 Å². The zero-order chi connectivity index (χ0) is 33.9. The van der Waals surface area contributed by atoms with Crippen LogP contribution in [0.15, 0.2) is 89.3 Å². The van der Waals surface area contributed by atoms with Crippen molar-refractivity contribution in [2.75, 3.05) is 0 Å². The van der Waals surface area contributed by atoms with Crippen LogP contribution in [0.5, 0.6) is 0 Å². The second-order valence-electron chi connectivity index (χ2n) is 13.4. The molecule has 6 heteroatoms. The average molecular weight is 820 g/mol. The van der Waals surface area contributed by atoms with Crippen LogP contribution in [-0.2, 0) is 24.9 Å². The first-order valence-electron chi connectivity index (χ1n) is 16.9. The van der Waals surface area contributed by atoms with E-state index in [9.17, 15) is 9.90 Å². The van der Waals surface area contributed by atoms with E-state index in [4.69, 9.17) is 4.42 Å². The van der Waals surface area contributed by atoms with Crippen LogP contribution >= 0.6 is 0 Å². The number of aliphatic hydroxyl groups excluding tert-OH is 1. The van der Waals surface area contributed by atoms with E-state index in [1.807, 2.05) is 59.7 Å². The van der Waals surface area contributed by atoms with E-state index in [2.05, 4.69) is 78.4 Å². The number of ketones is 1. The number of fused-ring (bicyclic) bond motifs is 6. The summed E-state index contributed by atoms with van der Waals surface area (Å²) in [6.07, 6.45) is 6.39. The fourth-order valence-corrected chi connectivity index (χ4v) is 5.97. The number of furan rings is 1. The molecule has 2 aromatic heterocycles. The molecule has 0 fully saturated rings. The van der Waals surface area contributed by atoms with Gasteiger partial charge in [-0.2, -0.15) is 0 Å². The van der Waals surface area contributed by atoms with Gasteiger partial charge in [0.2, 0.25) is 0 Å². The molecule has 1 radical (unpaired) electrons. The maximum atomic E-state index is 12.2. The smallest absolute Gasteiger partial charge is 0.164 e. The van der Waals surface area contributed by atoms with Crippen LogP contribution in [0.3, 0.4) is 0 Å². The molecule has 2 heterocycles. The molecule has 6 rings (SSSR count). The normalized spacial score (nSPS) is 12.4. The summed E-state index contributed by atoms with van der Waals surface area (Å²) in [5.74, 6) is 0.737. The molecule has 48 heavy (non-hydrogen) atoms. The van der Waals surface area contributed by atoms with E-state index in [-0.39, 0.29) is 42.5 Å². The first-order chi connectivity index (χ1) is 22.5. The van der Waals surface area contributed by atoms with Crippen molar-refractivity contribution in [2.45, 2.75) is 87.0 Å². The number of hydrogen-bond donors (Lipinski definition) is 1. The Kier molecular flexibility index (Phi) is 11.7. The third-order valence-corrected chi connectivity index (χ3v) is 10.5. The van der Waals surface area contributed by atoms with E-state index >= 15 is 0 Å². The van der Waals surface area contributed by atoms with Crippen molar-refractivity contribution in [3.05, 3.63) is 96.5 Å². The summed E-state index contributed by atoms with van der Waals surface area (Å²) < 4.78 is 6.37. The molecule has 6 aromatic rings. The molecule has 0 saturated carbocycles. The van der Waals surface area contributed by atoms with Gasteiger partial charge in [-0.25, -0.2) is 4.98 Å². The molecular formula is C42H47IrN2O3-. The maximum absolute atomic E-state index is 12.2. The van der Waals surface area contributed by atoms with E-state index in [0.29, 0.717) is 5.92 Å². The molecule has 0 aliphatic heterocycles. The molecule has 0 bridgehead atoms.